The average Bonchev–Trinajstić information content (AvgIpc) is 3.05. The molecule has 3 rings (SSSR count). The van der Waals surface area contributed by atoms with Gasteiger partial charge in [0, 0.05) is 38.3 Å². The maximum Gasteiger partial charge on any atom is 0.292 e. The summed E-state index contributed by atoms with van der Waals surface area (Å²) in [6.07, 6.45) is 1.00. The Labute approximate surface area is 129 Å². The molecule has 1 aromatic rings. The van der Waals surface area contributed by atoms with Gasteiger partial charge in [0.2, 0.25) is 0 Å². The van der Waals surface area contributed by atoms with Gasteiger partial charge in [-0.05, 0) is 24.1 Å². The number of nitro benzene ring substituents is 1. The van der Waals surface area contributed by atoms with Crippen molar-refractivity contribution in [2.45, 2.75) is 19.1 Å². The fourth-order valence-corrected chi connectivity index (χ4v) is 3.28. The number of aliphatic hydroxyl groups excluding tert-OH is 1. The first-order valence-electron chi connectivity index (χ1n) is 7.64. The van der Waals surface area contributed by atoms with Crippen molar-refractivity contribution in [3.8, 4) is 0 Å². The van der Waals surface area contributed by atoms with E-state index in [-0.39, 0.29) is 17.2 Å². The van der Waals surface area contributed by atoms with E-state index in [2.05, 4.69) is 9.80 Å². The molecule has 0 amide bonds. The summed E-state index contributed by atoms with van der Waals surface area (Å²) in [5.74, 6) is 0. The maximum absolute atomic E-state index is 11.3. The minimum Gasteiger partial charge on any atom is -0.392 e. The molecule has 2 aliphatic rings. The third kappa shape index (κ3) is 3.06. The summed E-state index contributed by atoms with van der Waals surface area (Å²) >= 11 is 0. The zero-order valence-electron chi connectivity index (χ0n) is 12.5. The number of aliphatic hydroxyl groups is 1. The van der Waals surface area contributed by atoms with Crippen LogP contribution in [-0.4, -0.2) is 60.4 Å². The molecule has 2 saturated heterocycles. The molecule has 0 aromatic heterocycles. The van der Waals surface area contributed by atoms with Gasteiger partial charge in [-0.3, -0.25) is 15.0 Å². The number of ether oxygens (including phenoxy) is 1. The molecule has 0 aliphatic carbocycles. The molecule has 1 atom stereocenters. The molecule has 2 aliphatic heterocycles. The highest BCUT2D eigenvalue weighted by Crippen LogP contribution is 2.32. The summed E-state index contributed by atoms with van der Waals surface area (Å²) in [5.41, 5.74) is 1.43. The molecule has 0 bridgehead atoms. The predicted molar refractivity (Wildman–Crippen MR) is 82.0 cm³/mol. The molecule has 0 spiro atoms. The minimum absolute atomic E-state index is 0.105. The predicted octanol–water partition coefficient (Wildman–Crippen LogP) is 0.998. The Kier molecular flexibility index (Phi) is 4.56. The van der Waals surface area contributed by atoms with Gasteiger partial charge in [0.1, 0.15) is 5.69 Å². The monoisotopic (exact) mass is 307 g/mol. The van der Waals surface area contributed by atoms with Crippen molar-refractivity contribution < 1.29 is 14.8 Å². The molecule has 7 nitrogen and oxygen atoms in total. The van der Waals surface area contributed by atoms with Crippen LogP contribution in [0.25, 0.3) is 0 Å². The zero-order valence-corrected chi connectivity index (χ0v) is 12.5. The van der Waals surface area contributed by atoms with E-state index in [4.69, 9.17) is 4.74 Å². The Morgan fingerprint density at radius 3 is 2.77 bits per heavy atom. The fourth-order valence-electron chi connectivity index (χ4n) is 3.28. The van der Waals surface area contributed by atoms with Crippen LogP contribution in [0.2, 0.25) is 0 Å². The molecule has 7 heteroatoms. The van der Waals surface area contributed by atoms with Crippen LogP contribution in [0.3, 0.4) is 0 Å². The lowest BCUT2D eigenvalue weighted by Gasteiger charge is -2.32. The minimum atomic E-state index is -0.349. The number of nitrogens with zero attached hydrogens (tertiary/aromatic N) is 3. The van der Waals surface area contributed by atoms with E-state index < -0.39 is 0 Å². The quantitative estimate of drug-likeness (QED) is 0.660. The molecule has 120 valence electrons. The van der Waals surface area contributed by atoms with Crippen molar-refractivity contribution in [2.75, 3.05) is 44.3 Å². The normalized spacial score (nSPS) is 23.0. The van der Waals surface area contributed by atoms with Crippen LogP contribution in [0, 0.1) is 10.1 Å². The van der Waals surface area contributed by atoms with Gasteiger partial charge in [0.05, 0.1) is 24.7 Å². The Hall–Kier alpha value is -1.70. The highest BCUT2D eigenvalue weighted by molar-refractivity contribution is 5.65. The fraction of sp³-hybridized carbons (Fsp3) is 0.600. The third-order valence-electron chi connectivity index (χ3n) is 4.49. The van der Waals surface area contributed by atoms with Gasteiger partial charge in [-0.25, -0.2) is 0 Å². The summed E-state index contributed by atoms with van der Waals surface area (Å²) < 4.78 is 5.38. The number of morpholine rings is 1. The largest absolute Gasteiger partial charge is 0.392 e. The number of anilines is 1. The first-order chi connectivity index (χ1) is 10.7. The summed E-state index contributed by atoms with van der Waals surface area (Å²) in [4.78, 5) is 15.4. The molecule has 2 fully saturated rings. The second-order valence-corrected chi connectivity index (χ2v) is 5.78. The van der Waals surface area contributed by atoms with Crippen LogP contribution in [-0.2, 0) is 11.3 Å². The first kappa shape index (κ1) is 15.2. The van der Waals surface area contributed by atoms with E-state index >= 15 is 0 Å². The number of hydrogen-bond donors (Lipinski definition) is 1. The molecule has 0 radical (unpaired) electrons. The van der Waals surface area contributed by atoms with Gasteiger partial charge < -0.3 is 14.7 Å². The van der Waals surface area contributed by atoms with Crippen molar-refractivity contribution in [1.82, 2.24) is 4.90 Å². The highest BCUT2D eigenvalue weighted by Gasteiger charge is 2.31. The summed E-state index contributed by atoms with van der Waals surface area (Å²) in [5, 5.41) is 20.5. The standard InChI is InChI=1S/C15H21N3O4/c19-11-12-1-2-14(18(20)21)15(9-12)17-4-3-13(10-17)16-5-7-22-8-6-16/h1-2,9,13,19H,3-8,10-11H2. The van der Waals surface area contributed by atoms with Gasteiger partial charge in [0.25, 0.3) is 5.69 Å². The van der Waals surface area contributed by atoms with Crippen molar-refractivity contribution in [2.24, 2.45) is 0 Å². The zero-order chi connectivity index (χ0) is 15.5. The maximum atomic E-state index is 11.3. The topological polar surface area (TPSA) is 79.1 Å². The molecule has 1 N–H and O–H groups in total. The second kappa shape index (κ2) is 6.60. The van der Waals surface area contributed by atoms with Crippen molar-refractivity contribution in [3.63, 3.8) is 0 Å². The van der Waals surface area contributed by atoms with E-state index in [1.807, 2.05) is 0 Å². The van der Waals surface area contributed by atoms with Gasteiger partial charge in [-0.15, -0.1) is 0 Å². The van der Waals surface area contributed by atoms with E-state index in [9.17, 15) is 15.2 Å². The Balaban J connectivity index is 1.78. The SMILES string of the molecule is O=[N+]([O-])c1ccc(CO)cc1N1CCC(N2CCOCC2)C1. The summed E-state index contributed by atoms with van der Waals surface area (Å²) in [7, 11) is 0. The van der Waals surface area contributed by atoms with E-state index in [1.54, 1.807) is 12.1 Å². The smallest absolute Gasteiger partial charge is 0.292 e. The van der Waals surface area contributed by atoms with Gasteiger partial charge in [-0.2, -0.15) is 0 Å². The lowest BCUT2D eigenvalue weighted by Crippen LogP contribution is -2.44. The molecular formula is C15H21N3O4. The van der Waals surface area contributed by atoms with Crippen molar-refractivity contribution in [3.05, 3.63) is 33.9 Å². The van der Waals surface area contributed by atoms with Crippen LogP contribution in [0.1, 0.15) is 12.0 Å². The Morgan fingerprint density at radius 2 is 2.09 bits per heavy atom. The summed E-state index contributed by atoms with van der Waals surface area (Å²) in [6, 6.07) is 5.25. The van der Waals surface area contributed by atoms with Crippen LogP contribution in [0.15, 0.2) is 18.2 Å². The van der Waals surface area contributed by atoms with Crippen LogP contribution < -0.4 is 4.90 Å². The highest BCUT2D eigenvalue weighted by atomic mass is 16.6. The Bertz CT molecular complexity index is 546. The lowest BCUT2D eigenvalue weighted by molar-refractivity contribution is -0.384. The Morgan fingerprint density at radius 1 is 1.32 bits per heavy atom. The van der Waals surface area contributed by atoms with Gasteiger partial charge in [-0.1, -0.05) is 0 Å². The van der Waals surface area contributed by atoms with Crippen LogP contribution in [0.4, 0.5) is 11.4 Å². The number of hydrogen-bond acceptors (Lipinski definition) is 6. The van der Waals surface area contributed by atoms with Crippen LogP contribution >= 0.6 is 0 Å². The number of nitro groups is 1. The lowest BCUT2D eigenvalue weighted by atomic mass is 10.1. The first-order valence-corrected chi connectivity index (χ1v) is 7.64. The average molecular weight is 307 g/mol. The van der Waals surface area contributed by atoms with Gasteiger partial charge in [0.15, 0.2) is 0 Å². The molecule has 1 unspecified atom stereocenters. The molecule has 2 heterocycles. The summed E-state index contributed by atoms with van der Waals surface area (Å²) in [6.45, 7) is 4.86. The molecule has 0 saturated carbocycles. The number of rotatable bonds is 4. The van der Waals surface area contributed by atoms with Crippen molar-refractivity contribution >= 4 is 11.4 Å². The van der Waals surface area contributed by atoms with Crippen molar-refractivity contribution in [1.29, 1.82) is 0 Å². The molecule has 1 aromatic carbocycles. The van der Waals surface area contributed by atoms with E-state index in [1.165, 1.54) is 6.07 Å². The van der Waals surface area contributed by atoms with E-state index in [0.717, 1.165) is 45.8 Å². The van der Waals surface area contributed by atoms with Crippen LogP contribution in [0.5, 0.6) is 0 Å². The molecule has 22 heavy (non-hydrogen) atoms. The third-order valence-corrected chi connectivity index (χ3v) is 4.49. The van der Waals surface area contributed by atoms with E-state index in [0.29, 0.717) is 17.3 Å². The number of benzene rings is 1. The second-order valence-electron chi connectivity index (χ2n) is 5.78. The van der Waals surface area contributed by atoms with Gasteiger partial charge >= 0.3 is 0 Å². The molecular weight excluding hydrogens is 286 g/mol.